The summed E-state index contributed by atoms with van der Waals surface area (Å²) in [6.45, 7) is 2.66. The van der Waals surface area contributed by atoms with Gasteiger partial charge >= 0.3 is 5.97 Å². The van der Waals surface area contributed by atoms with Gasteiger partial charge in [-0.25, -0.2) is 0 Å². The minimum absolute atomic E-state index is 0.0290. The van der Waals surface area contributed by atoms with Gasteiger partial charge in [-0.2, -0.15) is 0 Å². The van der Waals surface area contributed by atoms with Gasteiger partial charge < -0.3 is 4.74 Å². The van der Waals surface area contributed by atoms with Crippen molar-refractivity contribution in [1.29, 1.82) is 0 Å². The normalized spacial score (nSPS) is 20.4. The maximum atomic E-state index is 11.4. The lowest BCUT2D eigenvalue weighted by atomic mass is 9.90. The van der Waals surface area contributed by atoms with Crippen LogP contribution in [-0.4, -0.2) is 16.5 Å². The second kappa shape index (κ2) is 6.64. The van der Waals surface area contributed by atoms with Gasteiger partial charge in [0.25, 0.3) is 0 Å². The Morgan fingerprint density at radius 3 is 2.64 bits per heavy atom. The van der Waals surface area contributed by atoms with Gasteiger partial charge in [0.1, 0.15) is 3.92 Å². The van der Waals surface area contributed by atoms with Gasteiger partial charge in [0.15, 0.2) is 0 Å². The summed E-state index contributed by atoms with van der Waals surface area (Å²) in [4.78, 5) is 11.4. The van der Waals surface area contributed by atoms with Crippen LogP contribution in [0.5, 0.6) is 0 Å². The second-order valence-electron chi connectivity index (χ2n) is 4.01. The Kier molecular flexibility index (Phi) is 5.82. The average molecular weight is 310 g/mol. The predicted octanol–water partition coefficient (Wildman–Crippen LogP) is 3.32. The van der Waals surface area contributed by atoms with Gasteiger partial charge in [-0.3, -0.25) is 4.79 Å². The summed E-state index contributed by atoms with van der Waals surface area (Å²) in [6, 6.07) is 0. The lowest BCUT2D eigenvalue weighted by molar-refractivity contribution is -0.144. The molecule has 0 spiro atoms. The molecule has 0 saturated heterocycles. The van der Waals surface area contributed by atoms with Gasteiger partial charge in [-0.05, 0) is 25.2 Å². The lowest BCUT2D eigenvalue weighted by Crippen LogP contribution is -2.21. The highest BCUT2D eigenvalue weighted by Crippen LogP contribution is 2.24. The van der Waals surface area contributed by atoms with Crippen molar-refractivity contribution < 1.29 is 9.53 Å². The minimum atomic E-state index is -0.0290. The molecule has 1 saturated carbocycles. The topological polar surface area (TPSA) is 26.3 Å². The zero-order valence-corrected chi connectivity index (χ0v) is 11.0. The van der Waals surface area contributed by atoms with Crippen LogP contribution < -0.4 is 0 Å². The molecule has 1 aliphatic carbocycles. The van der Waals surface area contributed by atoms with E-state index < -0.39 is 0 Å². The second-order valence-corrected chi connectivity index (χ2v) is 5.51. The first-order valence-electron chi connectivity index (χ1n) is 5.54. The van der Waals surface area contributed by atoms with E-state index in [9.17, 15) is 4.79 Å². The summed E-state index contributed by atoms with van der Waals surface area (Å²) in [5.41, 5.74) is 0. The summed E-state index contributed by atoms with van der Waals surface area (Å²) >= 11 is 2.15. The number of ether oxygens (including phenoxy) is 1. The molecule has 1 atom stereocenters. The standard InChI is InChI=1S/C11H19IO2/c1-2-10(12)11(13)14-8-9-6-4-3-5-7-9/h9-10H,2-8H2,1H3. The summed E-state index contributed by atoms with van der Waals surface area (Å²) in [7, 11) is 0. The van der Waals surface area contributed by atoms with E-state index in [1.165, 1.54) is 32.1 Å². The van der Waals surface area contributed by atoms with Crippen LogP contribution in [0, 0.1) is 5.92 Å². The van der Waals surface area contributed by atoms with E-state index in [1.54, 1.807) is 0 Å². The molecule has 0 N–H and O–H groups in total. The molecule has 1 rings (SSSR count). The first-order chi connectivity index (χ1) is 6.74. The number of esters is 1. The van der Waals surface area contributed by atoms with Gasteiger partial charge in [-0.1, -0.05) is 48.8 Å². The quantitative estimate of drug-likeness (QED) is 0.452. The Morgan fingerprint density at radius 1 is 1.43 bits per heavy atom. The van der Waals surface area contributed by atoms with Crippen molar-refractivity contribution >= 4 is 28.6 Å². The Bertz CT molecular complexity index is 176. The van der Waals surface area contributed by atoms with Crippen LogP contribution in [0.2, 0.25) is 0 Å². The van der Waals surface area contributed by atoms with E-state index in [0.717, 1.165) is 6.42 Å². The summed E-state index contributed by atoms with van der Waals surface area (Å²) < 4.78 is 5.33. The maximum Gasteiger partial charge on any atom is 0.318 e. The number of alkyl halides is 1. The summed E-state index contributed by atoms with van der Waals surface area (Å²) in [5, 5.41) is 0. The number of carbonyl (C=O) groups is 1. The van der Waals surface area contributed by atoms with Crippen molar-refractivity contribution in [2.24, 2.45) is 5.92 Å². The van der Waals surface area contributed by atoms with E-state index in [2.05, 4.69) is 22.6 Å². The average Bonchev–Trinajstić information content (AvgIpc) is 2.26. The fourth-order valence-electron chi connectivity index (χ4n) is 1.81. The van der Waals surface area contributed by atoms with E-state index >= 15 is 0 Å². The van der Waals surface area contributed by atoms with Crippen molar-refractivity contribution in [3.8, 4) is 0 Å². The zero-order chi connectivity index (χ0) is 10.4. The third-order valence-corrected chi connectivity index (χ3v) is 4.19. The molecule has 2 nitrogen and oxygen atoms in total. The molecule has 0 heterocycles. The summed E-state index contributed by atoms with van der Waals surface area (Å²) in [6.07, 6.45) is 7.32. The lowest BCUT2D eigenvalue weighted by Gasteiger charge is -2.21. The Labute approximate surface area is 99.9 Å². The van der Waals surface area contributed by atoms with Gasteiger partial charge in [0, 0.05) is 0 Å². The molecule has 0 aromatic carbocycles. The van der Waals surface area contributed by atoms with Crippen LogP contribution in [0.15, 0.2) is 0 Å². The van der Waals surface area contributed by atoms with Crippen LogP contribution in [0.3, 0.4) is 0 Å². The van der Waals surface area contributed by atoms with Crippen molar-refractivity contribution in [2.45, 2.75) is 49.4 Å². The number of carbonyl (C=O) groups excluding carboxylic acids is 1. The first-order valence-corrected chi connectivity index (χ1v) is 6.79. The SMILES string of the molecule is CCC(I)C(=O)OCC1CCCCC1. The zero-order valence-electron chi connectivity index (χ0n) is 8.80. The highest BCUT2D eigenvalue weighted by molar-refractivity contribution is 14.1. The smallest absolute Gasteiger partial charge is 0.318 e. The van der Waals surface area contributed by atoms with Crippen LogP contribution in [-0.2, 0) is 9.53 Å². The maximum absolute atomic E-state index is 11.4. The highest BCUT2D eigenvalue weighted by Gasteiger charge is 2.18. The largest absolute Gasteiger partial charge is 0.465 e. The van der Waals surface area contributed by atoms with Gasteiger partial charge in [-0.15, -0.1) is 0 Å². The molecule has 0 amide bonds. The number of hydrogen-bond acceptors (Lipinski definition) is 2. The van der Waals surface area contributed by atoms with Crippen molar-refractivity contribution in [1.82, 2.24) is 0 Å². The van der Waals surface area contributed by atoms with Crippen molar-refractivity contribution in [2.75, 3.05) is 6.61 Å². The van der Waals surface area contributed by atoms with Gasteiger partial charge in [0.2, 0.25) is 0 Å². The fraction of sp³-hybridized carbons (Fsp3) is 0.909. The number of hydrogen-bond donors (Lipinski definition) is 0. The van der Waals surface area contributed by atoms with Gasteiger partial charge in [0.05, 0.1) is 6.61 Å². The molecule has 0 aliphatic heterocycles. The number of rotatable bonds is 4. The minimum Gasteiger partial charge on any atom is -0.465 e. The van der Waals surface area contributed by atoms with Crippen LogP contribution >= 0.6 is 22.6 Å². The van der Waals surface area contributed by atoms with E-state index in [0.29, 0.717) is 12.5 Å². The molecule has 0 radical (unpaired) electrons. The van der Waals surface area contributed by atoms with Crippen LogP contribution in [0.4, 0.5) is 0 Å². The molecule has 14 heavy (non-hydrogen) atoms. The first kappa shape index (κ1) is 12.3. The molecule has 0 aromatic heterocycles. The molecule has 82 valence electrons. The van der Waals surface area contributed by atoms with E-state index in [1.807, 2.05) is 6.92 Å². The molecule has 0 bridgehead atoms. The highest BCUT2D eigenvalue weighted by atomic mass is 127. The third-order valence-electron chi connectivity index (χ3n) is 2.80. The molecule has 0 aromatic rings. The Morgan fingerprint density at radius 2 is 2.07 bits per heavy atom. The summed E-state index contributed by atoms with van der Waals surface area (Å²) in [5.74, 6) is 0.604. The van der Waals surface area contributed by atoms with Crippen LogP contribution in [0.25, 0.3) is 0 Å². The predicted molar refractivity (Wildman–Crippen MR) is 65.6 cm³/mol. The molecular formula is C11H19IO2. The van der Waals surface area contributed by atoms with Crippen molar-refractivity contribution in [3.63, 3.8) is 0 Å². The molecule has 1 aliphatic rings. The van der Waals surface area contributed by atoms with E-state index in [4.69, 9.17) is 4.74 Å². The molecule has 1 fully saturated rings. The molecular weight excluding hydrogens is 291 g/mol. The van der Waals surface area contributed by atoms with Crippen LogP contribution in [0.1, 0.15) is 45.4 Å². The Balaban J connectivity index is 2.15. The monoisotopic (exact) mass is 310 g/mol. The van der Waals surface area contributed by atoms with E-state index in [-0.39, 0.29) is 9.89 Å². The Hall–Kier alpha value is 0.200. The molecule has 3 heteroatoms. The third kappa shape index (κ3) is 4.15. The fourth-order valence-corrected chi connectivity index (χ4v) is 1.99. The molecule has 1 unspecified atom stereocenters. The van der Waals surface area contributed by atoms with Crippen molar-refractivity contribution in [3.05, 3.63) is 0 Å². The number of halogens is 1.